The third kappa shape index (κ3) is 3.08. The zero-order valence-corrected chi connectivity index (χ0v) is 10.7. The zero-order chi connectivity index (χ0) is 12.3. The molecule has 0 aliphatic heterocycles. The number of rotatable bonds is 3. The van der Waals surface area contributed by atoms with E-state index in [-0.39, 0.29) is 0 Å². The number of hydrogen-bond donors (Lipinski definition) is 0. The van der Waals surface area contributed by atoms with Crippen molar-refractivity contribution in [2.24, 2.45) is 0 Å². The number of alkyl halides is 1. The first kappa shape index (κ1) is 12.1. The van der Waals surface area contributed by atoms with Gasteiger partial charge in [0.1, 0.15) is 5.75 Å². The van der Waals surface area contributed by atoms with Crippen LogP contribution in [-0.4, -0.2) is 9.97 Å². The molecule has 0 spiro atoms. The molecule has 5 heteroatoms. The molecule has 1 aromatic heterocycles. The van der Waals surface area contributed by atoms with Crippen LogP contribution in [0.2, 0.25) is 5.02 Å². The van der Waals surface area contributed by atoms with Crippen LogP contribution in [0.1, 0.15) is 11.3 Å². The standard InChI is InChI=1S/C12H10Cl2N2O/c1-8-9(6-13)7-15-12(16-8)17-11-4-2-3-10(14)5-11/h2-5,7H,6H2,1H3. The molecule has 0 atom stereocenters. The van der Waals surface area contributed by atoms with E-state index in [1.807, 2.05) is 6.92 Å². The lowest BCUT2D eigenvalue weighted by Crippen LogP contribution is -1.97. The van der Waals surface area contributed by atoms with Gasteiger partial charge in [-0.3, -0.25) is 0 Å². The Balaban J connectivity index is 2.22. The van der Waals surface area contributed by atoms with E-state index < -0.39 is 0 Å². The summed E-state index contributed by atoms with van der Waals surface area (Å²) in [4.78, 5) is 8.28. The third-order valence-corrected chi connectivity index (χ3v) is 2.73. The first-order chi connectivity index (χ1) is 8.19. The van der Waals surface area contributed by atoms with Gasteiger partial charge in [-0.1, -0.05) is 17.7 Å². The summed E-state index contributed by atoms with van der Waals surface area (Å²) in [5.41, 5.74) is 1.71. The number of benzene rings is 1. The monoisotopic (exact) mass is 268 g/mol. The van der Waals surface area contributed by atoms with Crippen molar-refractivity contribution < 1.29 is 4.74 Å². The summed E-state index contributed by atoms with van der Waals surface area (Å²) in [5, 5.41) is 0.608. The molecule has 0 saturated heterocycles. The number of nitrogens with zero attached hydrogens (tertiary/aromatic N) is 2. The Kier molecular flexibility index (Phi) is 3.82. The summed E-state index contributed by atoms with van der Waals surface area (Å²) in [7, 11) is 0. The number of halogens is 2. The molecule has 0 saturated carbocycles. The number of hydrogen-bond acceptors (Lipinski definition) is 3. The van der Waals surface area contributed by atoms with Gasteiger partial charge >= 0.3 is 6.01 Å². The molecular weight excluding hydrogens is 259 g/mol. The van der Waals surface area contributed by atoms with Crippen LogP contribution >= 0.6 is 23.2 Å². The maximum Gasteiger partial charge on any atom is 0.322 e. The minimum atomic E-state index is 0.290. The molecule has 0 radical (unpaired) electrons. The van der Waals surface area contributed by atoms with Gasteiger partial charge in [0.15, 0.2) is 0 Å². The Labute approximate surface area is 109 Å². The summed E-state index contributed by atoms with van der Waals surface area (Å²) >= 11 is 11.6. The molecule has 0 aliphatic carbocycles. The predicted molar refractivity (Wildman–Crippen MR) is 67.9 cm³/mol. The minimum Gasteiger partial charge on any atom is -0.424 e. The Morgan fingerprint density at radius 1 is 1.35 bits per heavy atom. The van der Waals surface area contributed by atoms with Crippen LogP contribution in [0.4, 0.5) is 0 Å². The van der Waals surface area contributed by atoms with Crippen LogP contribution in [0, 0.1) is 6.92 Å². The summed E-state index contributed by atoms with van der Waals surface area (Å²) in [5.74, 6) is 0.999. The van der Waals surface area contributed by atoms with Crippen LogP contribution in [0.25, 0.3) is 0 Å². The van der Waals surface area contributed by atoms with E-state index in [0.717, 1.165) is 11.3 Å². The summed E-state index contributed by atoms with van der Waals surface area (Å²) < 4.78 is 5.49. The fourth-order valence-corrected chi connectivity index (χ4v) is 1.73. The molecule has 3 nitrogen and oxygen atoms in total. The van der Waals surface area contributed by atoms with E-state index in [2.05, 4.69) is 9.97 Å². The highest BCUT2D eigenvalue weighted by atomic mass is 35.5. The first-order valence-electron chi connectivity index (χ1n) is 5.01. The van der Waals surface area contributed by atoms with Crippen molar-refractivity contribution in [3.05, 3.63) is 46.7 Å². The molecule has 2 aromatic rings. The van der Waals surface area contributed by atoms with E-state index in [1.54, 1.807) is 30.5 Å². The molecule has 2 rings (SSSR count). The van der Waals surface area contributed by atoms with E-state index >= 15 is 0 Å². The minimum absolute atomic E-state index is 0.290. The van der Waals surface area contributed by atoms with Crippen LogP contribution in [-0.2, 0) is 5.88 Å². The Morgan fingerprint density at radius 2 is 2.18 bits per heavy atom. The molecular formula is C12H10Cl2N2O. The van der Waals surface area contributed by atoms with Crippen molar-refractivity contribution in [2.45, 2.75) is 12.8 Å². The lowest BCUT2D eigenvalue weighted by molar-refractivity contribution is 0.440. The van der Waals surface area contributed by atoms with Crippen LogP contribution < -0.4 is 4.74 Å². The first-order valence-corrected chi connectivity index (χ1v) is 5.92. The van der Waals surface area contributed by atoms with Crippen molar-refractivity contribution in [2.75, 3.05) is 0 Å². The second-order valence-corrected chi connectivity index (χ2v) is 4.16. The highest BCUT2D eigenvalue weighted by Crippen LogP contribution is 2.22. The number of ether oxygens (including phenoxy) is 1. The normalized spacial score (nSPS) is 10.3. The SMILES string of the molecule is Cc1nc(Oc2cccc(Cl)c2)ncc1CCl. The van der Waals surface area contributed by atoms with Crippen LogP contribution in [0.3, 0.4) is 0 Å². The molecule has 0 aliphatic rings. The van der Waals surface area contributed by atoms with Gasteiger partial charge in [-0.25, -0.2) is 4.98 Å². The van der Waals surface area contributed by atoms with Crippen molar-refractivity contribution in [3.63, 3.8) is 0 Å². The van der Waals surface area contributed by atoms with E-state index in [0.29, 0.717) is 22.7 Å². The van der Waals surface area contributed by atoms with Gasteiger partial charge in [0, 0.05) is 22.5 Å². The lowest BCUT2D eigenvalue weighted by Gasteiger charge is -2.06. The molecule has 0 fully saturated rings. The lowest BCUT2D eigenvalue weighted by atomic mass is 10.3. The number of aromatic nitrogens is 2. The Morgan fingerprint density at radius 3 is 2.82 bits per heavy atom. The predicted octanol–water partition coefficient (Wildman–Crippen LogP) is 3.97. The Bertz CT molecular complexity index is 532. The Hall–Kier alpha value is -1.32. The maximum absolute atomic E-state index is 5.85. The molecule has 88 valence electrons. The molecule has 0 unspecified atom stereocenters. The van der Waals surface area contributed by atoms with Gasteiger partial charge in [-0.2, -0.15) is 4.98 Å². The van der Waals surface area contributed by atoms with Gasteiger partial charge in [-0.15, -0.1) is 11.6 Å². The molecule has 0 bridgehead atoms. The average Bonchev–Trinajstić information content (AvgIpc) is 2.29. The summed E-state index contributed by atoms with van der Waals surface area (Å²) in [6.07, 6.45) is 1.66. The van der Waals surface area contributed by atoms with E-state index in [1.165, 1.54) is 0 Å². The largest absolute Gasteiger partial charge is 0.424 e. The van der Waals surface area contributed by atoms with Gasteiger partial charge in [0.2, 0.25) is 0 Å². The highest BCUT2D eigenvalue weighted by Gasteiger charge is 2.04. The summed E-state index contributed by atoms with van der Waals surface area (Å²) in [6.45, 7) is 1.87. The smallest absolute Gasteiger partial charge is 0.322 e. The fourth-order valence-electron chi connectivity index (χ4n) is 1.29. The van der Waals surface area contributed by atoms with Gasteiger partial charge in [-0.05, 0) is 25.1 Å². The van der Waals surface area contributed by atoms with Crippen molar-refractivity contribution in [1.29, 1.82) is 0 Å². The molecule has 1 aromatic carbocycles. The molecule has 0 amide bonds. The third-order valence-electron chi connectivity index (χ3n) is 2.21. The fraction of sp³-hybridized carbons (Fsp3) is 0.167. The number of aryl methyl sites for hydroxylation is 1. The van der Waals surface area contributed by atoms with Crippen molar-refractivity contribution >= 4 is 23.2 Å². The topological polar surface area (TPSA) is 35.0 Å². The van der Waals surface area contributed by atoms with E-state index in [9.17, 15) is 0 Å². The van der Waals surface area contributed by atoms with Gasteiger partial charge in [0.25, 0.3) is 0 Å². The quantitative estimate of drug-likeness (QED) is 0.791. The summed E-state index contributed by atoms with van der Waals surface area (Å²) in [6, 6.07) is 7.36. The van der Waals surface area contributed by atoms with Crippen molar-refractivity contribution in [1.82, 2.24) is 9.97 Å². The van der Waals surface area contributed by atoms with Crippen molar-refractivity contribution in [3.8, 4) is 11.8 Å². The second-order valence-electron chi connectivity index (χ2n) is 3.46. The van der Waals surface area contributed by atoms with Crippen LogP contribution in [0.15, 0.2) is 30.5 Å². The van der Waals surface area contributed by atoms with Gasteiger partial charge < -0.3 is 4.74 Å². The maximum atomic E-state index is 5.85. The molecule has 0 N–H and O–H groups in total. The molecule has 17 heavy (non-hydrogen) atoms. The second kappa shape index (κ2) is 5.34. The van der Waals surface area contributed by atoms with E-state index in [4.69, 9.17) is 27.9 Å². The van der Waals surface area contributed by atoms with Crippen LogP contribution in [0.5, 0.6) is 11.8 Å². The highest BCUT2D eigenvalue weighted by molar-refractivity contribution is 6.30. The average molecular weight is 269 g/mol. The van der Waals surface area contributed by atoms with Gasteiger partial charge in [0.05, 0.1) is 5.88 Å². The zero-order valence-electron chi connectivity index (χ0n) is 9.15. The molecule has 1 heterocycles.